The van der Waals surface area contributed by atoms with E-state index in [0.717, 1.165) is 0 Å². The van der Waals surface area contributed by atoms with E-state index >= 15 is 0 Å². The van der Waals surface area contributed by atoms with Gasteiger partial charge in [-0.25, -0.2) is 8.42 Å². The Balaban J connectivity index is 2.00. The van der Waals surface area contributed by atoms with Gasteiger partial charge in [-0.15, -0.1) is 0 Å². The number of benzene rings is 1. The summed E-state index contributed by atoms with van der Waals surface area (Å²) in [5.74, 6) is 0.849. The molecule has 2 aromatic rings. The first-order valence-corrected chi connectivity index (χ1v) is 8.36. The number of sulfonamides is 1. The Bertz CT molecular complexity index is 871. The highest BCUT2D eigenvalue weighted by molar-refractivity contribution is 7.94. The molecular weight excluding hydrogens is 340 g/mol. The molecule has 1 aromatic carbocycles. The van der Waals surface area contributed by atoms with Crippen LogP contribution in [0.3, 0.4) is 0 Å². The summed E-state index contributed by atoms with van der Waals surface area (Å²) >= 11 is 6.63. The molecule has 21 heavy (non-hydrogen) atoms. The zero-order valence-corrected chi connectivity index (χ0v) is 13.0. The zero-order valence-electron chi connectivity index (χ0n) is 10.6. The molecule has 0 unspecified atom stereocenters. The Hall–Kier alpha value is -1.71. The molecule has 112 valence electrons. The number of thiazole rings is 1. The van der Waals surface area contributed by atoms with Gasteiger partial charge in [-0.2, -0.15) is 0 Å². The number of rotatable bonds is 3. The Morgan fingerprint density at radius 1 is 1.33 bits per heavy atom. The van der Waals surface area contributed by atoms with Crippen LogP contribution in [0, 0.1) is 6.92 Å². The quantitative estimate of drug-likeness (QED) is 0.883. The van der Waals surface area contributed by atoms with E-state index in [1.165, 1.54) is 19.1 Å². The third-order valence-corrected chi connectivity index (χ3v) is 6.01. The highest BCUT2D eigenvalue weighted by Crippen LogP contribution is 2.40. The van der Waals surface area contributed by atoms with Crippen LogP contribution in [0.1, 0.15) is 5.69 Å². The molecule has 3 rings (SSSR count). The van der Waals surface area contributed by atoms with E-state index in [1.54, 1.807) is 0 Å². The molecule has 0 spiro atoms. The van der Waals surface area contributed by atoms with E-state index in [2.05, 4.69) is 9.71 Å². The fraction of sp³-hybridized carbons (Fsp3) is 0.182. The second kappa shape index (κ2) is 4.93. The maximum absolute atomic E-state index is 12.3. The summed E-state index contributed by atoms with van der Waals surface area (Å²) in [6.45, 7) is 1.56. The fourth-order valence-electron chi connectivity index (χ4n) is 1.83. The lowest BCUT2D eigenvalue weighted by Gasteiger charge is -2.09. The molecule has 0 saturated carbocycles. The summed E-state index contributed by atoms with van der Waals surface area (Å²) in [5, 5.41) is 0.170. The number of hydrogen-bond donors (Lipinski definition) is 2. The Morgan fingerprint density at radius 2 is 2.00 bits per heavy atom. The highest BCUT2D eigenvalue weighted by Gasteiger charge is 2.24. The van der Waals surface area contributed by atoms with Gasteiger partial charge in [0.05, 0.1) is 10.7 Å². The van der Waals surface area contributed by atoms with Crippen molar-refractivity contribution in [1.29, 1.82) is 0 Å². The summed E-state index contributed by atoms with van der Waals surface area (Å²) in [5.41, 5.74) is 0.426. The summed E-state index contributed by atoms with van der Waals surface area (Å²) in [6.07, 6.45) is 0. The first-order chi connectivity index (χ1) is 9.87. The SMILES string of the molecule is Cc1[nH]c(=O)sc1S(=O)(=O)Nc1cc2c(cc1Cl)OCO2. The molecular formula is C11H9ClN2O5S2. The van der Waals surface area contributed by atoms with Crippen molar-refractivity contribution >= 4 is 38.6 Å². The van der Waals surface area contributed by atoms with E-state index in [4.69, 9.17) is 21.1 Å². The zero-order chi connectivity index (χ0) is 15.2. The van der Waals surface area contributed by atoms with E-state index in [1.807, 2.05) is 0 Å². The average molecular weight is 349 g/mol. The molecule has 0 saturated heterocycles. The molecule has 2 heterocycles. The number of hydrogen-bond acceptors (Lipinski definition) is 6. The smallest absolute Gasteiger partial charge is 0.306 e. The second-order valence-electron chi connectivity index (χ2n) is 4.22. The Labute approximate surface area is 128 Å². The molecule has 1 aromatic heterocycles. The maximum atomic E-state index is 12.3. The van der Waals surface area contributed by atoms with Crippen LogP contribution in [0.25, 0.3) is 0 Å². The minimum Gasteiger partial charge on any atom is -0.454 e. The maximum Gasteiger partial charge on any atom is 0.306 e. The van der Waals surface area contributed by atoms with Gasteiger partial charge in [-0.1, -0.05) is 22.9 Å². The first-order valence-electron chi connectivity index (χ1n) is 5.68. The van der Waals surface area contributed by atoms with Crippen LogP contribution >= 0.6 is 22.9 Å². The standard InChI is InChI=1S/C11H9ClN2O5S2/c1-5-10(20-11(15)13-5)21(16,17)14-7-3-9-8(2-6(7)12)18-4-19-9/h2-3,14H,4H2,1H3,(H,13,15). The number of anilines is 1. The lowest BCUT2D eigenvalue weighted by atomic mass is 10.3. The van der Waals surface area contributed by atoms with Gasteiger partial charge >= 0.3 is 4.87 Å². The fourth-order valence-corrected chi connectivity index (χ4v) is 4.46. The predicted molar refractivity (Wildman–Crippen MR) is 78.1 cm³/mol. The third kappa shape index (κ3) is 2.59. The van der Waals surface area contributed by atoms with Crippen molar-refractivity contribution < 1.29 is 17.9 Å². The van der Waals surface area contributed by atoms with Crippen molar-refractivity contribution in [3.05, 3.63) is 32.5 Å². The van der Waals surface area contributed by atoms with Crippen molar-refractivity contribution in [2.24, 2.45) is 0 Å². The van der Waals surface area contributed by atoms with Crippen molar-refractivity contribution in [3.8, 4) is 11.5 Å². The second-order valence-corrected chi connectivity index (χ2v) is 7.49. The van der Waals surface area contributed by atoms with Crippen LogP contribution in [0.5, 0.6) is 11.5 Å². The van der Waals surface area contributed by atoms with Gasteiger partial charge < -0.3 is 14.5 Å². The number of fused-ring (bicyclic) bond motifs is 1. The molecule has 0 bridgehead atoms. The van der Waals surface area contributed by atoms with Crippen molar-refractivity contribution in [2.45, 2.75) is 11.1 Å². The Morgan fingerprint density at radius 3 is 2.62 bits per heavy atom. The van der Waals surface area contributed by atoms with Crippen molar-refractivity contribution in [2.75, 3.05) is 11.5 Å². The number of halogens is 1. The average Bonchev–Trinajstić information content (AvgIpc) is 2.95. The summed E-state index contributed by atoms with van der Waals surface area (Å²) in [6, 6.07) is 2.90. The highest BCUT2D eigenvalue weighted by atomic mass is 35.5. The predicted octanol–water partition coefficient (Wildman–Crippen LogP) is 1.93. The first kappa shape index (κ1) is 14.2. The van der Waals surface area contributed by atoms with Crippen LogP contribution in [0.4, 0.5) is 5.69 Å². The summed E-state index contributed by atoms with van der Waals surface area (Å²) in [7, 11) is -3.91. The van der Waals surface area contributed by atoms with Crippen LogP contribution in [0.15, 0.2) is 21.1 Å². The van der Waals surface area contributed by atoms with Gasteiger partial charge in [-0.3, -0.25) is 9.52 Å². The van der Waals surface area contributed by atoms with Gasteiger partial charge in [0.25, 0.3) is 10.0 Å². The lowest BCUT2D eigenvalue weighted by molar-refractivity contribution is 0.174. The van der Waals surface area contributed by atoms with Gasteiger partial charge in [0.15, 0.2) is 15.7 Å². The molecule has 1 aliphatic heterocycles. The largest absolute Gasteiger partial charge is 0.454 e. The summed E-state index contributed by atoms with van der Waals surface area (Å²) in [4.78, 5) is 13.2. The molecule has 1 aliphatic rings. The number of aromatic nitrogens is 1. The van der Waals surface area contributed by atoms with Gasteiger partial charge in [0, 0.05) is 17.8 Å². The Kier molecular flexibility index (Phi) is 3.34. The molecule has 0 aliphatic carbocycles. The molecule has 2 N–H and O–H groups in total. The van der Waals surface area contributed by atoms with Crippen LogP contribution in [-0.2, 0) is 10.0 Å². The number of nitrogens with one attached hydrogen (secondary N) is 2. The molecule has 10 heteroatoms. The van der Waals surface area contributed by atoms with E-state index in [0.29, 0.717) is 22.8 Å². The number of aryl methyl sites for hydroxylation is 1. The molecule has 0 fully saturated rings. The van der Waals surface area contributed by atoms with Crippen LogP contribution in [-0.4, -0.2) is 20.2 Å². The van der Waals surface area contributed by atoms with E-state index in [9.17, 15) is 13.2 Å². The van der Waals surface area contributed by atoms with Crippen molar-refractivity contribution in [1.82, 2.24) is 4.98 Å². The topological polar surface area (TPSA) is 97.5 Å². The molecule has 0 atom stereocenters. The number of aromatic amines is 1. The van der Waals surface area contributed by atoms with Gasteiger partial charge in [0.2, 0.25) is 6.79 Å². The number of ether oxygens (including phenoxy) is 2. The summed E-state index contributed by atoms with van der Waals surface area (Å²) < 4.78 is 37.2. The molecule has 0 amide bonds. The normalized spacial score (nSPS) is 13.4. The van der Waals surface area contributed by atoms with Gasteiger partial charge in [-0.05, 0) is 6.92 Å². The monoisotopic (exact) mass is 348 g/mol. The third-order valence-electron chi connectivity index (χ3n) is 2.73. The lowest BCUT2D eigenvalue weighted by Crippen LogP contribution is -2.13. The van der Waals surface area contributed by atoms with Gasteiger partial charge in [0.1, 0.15) is 0 Å². The number of H-pyrrole nitrogens is 1. The van der Waals surface area contributed by atoms with E-state index in [-0.39, 0.29) is 27.4 Å². The van der Waals surface area contributed by atoms with Crippen LogP contribution in [0.2, 0.25) is 5.02 Å². The van der Waals surface area contributed by atoms with Crippen LogP contribution < -0.4 is 19.1 Å². The minimum absolute atomic E-state index is 0.0560. The molecule has 7 nitrogen and oxygen atoms in total. The molecule has 0 radical (unpaired) electrons. The van der Waals surface area contributed by atoms with E-state index < -0.39 is 14.9 Å². The van der Waals surface area contributed by atoms with Crippen molar-refractivity contribution in [3.63, 3.8) is 0 Å². The minimum atomic E-state index is -3.91.